The van der Waals surface area contributed by atoms with Crippen LogP contribution in [-0.4, -0.2) is 24.8 Å². The lowest BCUT2D eigenvalue weighted by Crippen LogP contribution is -2.51. The fourth-order valence-electron chi connectivity index (χ4n) is 2.67. The van der Waals surface area contributed by atoms with Crippen LogP contribution in [-0.2, 0) is 4.74 Å². The summed E-state index contributed by atoms with van der Waals surface area (Å²) in [7, 11) is 0. The van der Waals surface area contributed by atoms with Crippen molar-refractivity contribution in [3.8, 4) is 0 Å². The molecule has 1 aliphatic carbocycles. The van der Waals surface area contributed by atoms with Crippen LogP contribution in [0.15, 0.2) is 0 Å². The molecule has 1 spiro atoms. The zero-order valence-corrected chi connectivity index (χ0v) is 9.73. The number of hydrogen-bond donors (Lipinski definition) is 1. The van der Waals surface area contributed by atoms with Gasteiger partial charge in [0.25, 0.3) is 0 Å². The molecule has 0 amide bonds. The van der Waals surface area contributed by atoms with Gasteiger partial charge in [-0.05, 0) is 46.5 Å². The highest BCUT2D eigenvalue weighted by atomic mass is 16.5. The monoisotopic (exact) mass is 197 g/mol. The molecule has 82 valence electrons. The summed E-state index contributed by atoms with van der Waals surface area (Å²) in [6, 6.07) is 0.737. The fraction of sp³-hybridized carbons (Fsp3) is 1.00. The molecule has 0 aromatic rings. The van der Waals surface area contributed by atoms with Crippen molar-refractivity contribution in [1.29, 1.82) is 0 Å². The van der Waals surface area contributed by atoms with Crippen LogP contribution in [0.3, 0.4) is 0 Å². The first-order chi connectivity index (χ1) is 6.49. The lowest BCUT2D eigenvalue weighted by molar-refractivity contribution is -0.134. The van der Waals surface area contributed by atoms with E-state index in [1.807, 2.05) is 0 Å². The summed E-state index contributed by atoms with van der Waals surface area (Å²) in [6.07, 6.45) is 5.39. The topological polar surface area (TPSA) is 21.3 Å². The molecule has 1 saturated carbocycles. The first-order valence-electron chi connectivity index (χ1n) is 5.85. The number of hydrogen-bond acceptors (Lipinski definition) is 2. The third-order valence-corrected chi connectivity index (χ3v) is 3.50. The molecule has 2 nitrogen and oxygen atoms in total. The van der Waals surface area contributed by atoms with Crippen molar-refractivity contribution < 1.29 is 4.74 Å². The molecular formula is C12H23NO. The molecule has 2 fully saturated rings. The zero-order valence-electron chi connectivity index (χ0n) is 9.73. The maximum Gasteiger partial charge on any atom is 0.0544 e. The Labute approximate surface area is 87.4 Å². The Balaban J connectivity index is 1.78. The van der Waals surface area contributed by atoms with Crippen LogP contribution < -0.4 is 5.32 Å². The first kappa shape index (κ1) is 10.4. The average molecular weight is 197 g/mol. The molecule has 2 heteroatoms. The normalized spacial score (nSPS) is 27.6. The lowest BCUT2D eigenvalue weighted by atomic mass is 9.71. The Morgan fingerprint density at radius 1 is 1.14 bits per heavy atom. The van der Waals surface area contributed by atoms with Crippen LogP contribution in [0, 0.1) is 5.41 Å². The van der Waals surface area contributed by atoms with E-state index in [4.69, 9.17) is 4.74 Å². The van der Waals surface area contributed by atoms with Gasteiger partial charge in [0.05, 0.1) is 13.2 Å². The van der Waals surface area contributed by atoms with E-state index in [2.05, 4.69) is 26.1 Å². The minimum absolute atomic E-state index is 0.269. The second-order valence-electron chi connectivity index (χ2n) is 6.16. The third-order valence-electron chi connectivity index (χ3n) is 3.50. The Bertz CT molecular complexity index is 193. The summed E-state index contributed by atoms with van der Waals surface area (Å²) in [6.45, 7) is 8.81. The summed E-state index contributed by atoms with van der Waals surface area (Å²) in [5.74, 6) is 0. The van der Waals surface area contributed by atoms with E-state index in [0.717, 1.165) is 19.3 Å². The van der Waals surface area contributed by atoms with Gasteiger partial charge >= 0.3 is 0 Å². The molecule has 2 rings (SSSR count). The molecule has 0 bridgehead atoms. The summed E-state index contributed by atoms with van der Waals surface area (Å²) in [5, 5.41) is 3.70. The molecule has 2 aliphatic rings. The second kappa shape index (κ2) is 3.49. The molecular weight excluding hydrogens is 174 g/mol. The number of ether oxygens (including phenoxy) is 1. The van der Waals surface area contributed by atoms with Crippen LogP contribution in [0.1, 0.15) is 46.5 Å². The van der Waals surface area contributed by atoms with Crippen LogP contribution in [0.2, 0.25) is 0 Å². The maximum atomic E-state index is 5.33. The van der Waals surface area contributed by atoms with E-state index in [1.165, 1.54) is 25.7 Å². The van der Waals surface area contributed by atoms with Gasteiger partial charge in [0.2, 0.25) is 0 Å². The Morgan fingerprint density at radius 3 is 2.07 bits per heavy atom. The van der Waals surface area contributed by atoms with E-state index >= 15 is 0 Å². The molecule has 1 saturated heterocycles. The van der Waals surface area contributed by atoms with Crippen molar-refractivity contribution in [2.75, 3.05) is 13.2 Å². The molecule has 0 radical (unpaired) electrons. The van der Waals surface area contributed by atoms with E-state index in [1.54, 1.807) is 0 Å². The van der Waals surface area contributed by atoms with E-state index in [-0.39, 0.29) is 5.54 Å². The lowest BCUT2D eigenvalue weighted by Gasteiger charge is -2.47. The van der Waals surface area contributed by atoms with Crippen molar-refractivity contribution in [2.45, 2.75) is 58.0 Å². The summed E-state index contributed by atoms with van der Waals surface area (Å²) in [4.78, 5) is 0. The molecule has 14 heavy (non-hydrogen) atoms. The van der Waals surface area contributed by atoms with Gasteiger partial charge in [-0.25, -0.2) is 0 Å². The Hall–Kier alpha value is -0.0800. The van der Waals surface area contributed by atoms with E-state index < -0.39 is 0 Å². The summed E-state index contributed by atoms with van der Waals surface area (Å²) in [5.41, 5.74) is 0.862. The molecule has 1 N–H and O–H groups in total. The van der Waals surface area contributed by atoms with Gasteiger partial charge in [0.1, 0.15) is 0 Å². The quantitative estimate of drug-likeness (QED) is 0.696. The standard InChI is InChI=1S/C12H23NO/c1-11(2,3)13-10-4-6-12(7-5-10)8-14-9-12/h10,13H,4-9H2,1-3H3. The predicted octanol–water partition coefficient (Wildman–Crippen LogP) is 2.33. The Kier molecular flexibility index (Phi) is 2.61. The van der Waals surface area contributed by atoms with Crippen molar-refractivity contribution in [2.24, 2.45) is 5.41 Å². The van der Waals surface area contributed by atoms with Gasteiger partial charge in [0, 0.05) is 17.0 Å². The van der Waals surface area contributed by atoms with Gasteiger partial charge in [-0.2, -0.15) is 0 Å². The van der Waals surface area contributed by atoms with Gasteiger partial charge in [-0.3, -0.25) is 0 Å². The zero-order chi connectivity index (χ0) is 10.2. The van der Waals surface area contributed by atoms with Gasteiger partial charge in [-0.15, -0.1) is 0 Å². The van der Waals surface area contributed by atoms with Crippen LogP contribution in [0.25, 0.3) is 0 Å². The highest BCUT2D eigenvalue weighted by Crippen LogP contribution is 2.42. The maximum absolute atomic E-state index is 5.33. The fourth-order valence-corrected chi connectivity index (χ4v) is 2.67. The Morgan fingerprint density at radius 2 is 1.71 bits per heavy atom. The molecule has 0 unspecified atom stereocenters. The summed E-state index contributed by atoms with van der Waals surface area (Å²) < 4.78 is 5.33. The minimum Gasteiger partial charge on any atom is -0.380 e. The molecule has 0 aromatic carbocycles. The minimum atomic E-state index is 0.269. The largest absolute Gasteiger partial charge is 0.380 e. The van der Waals surface area contributed by atoms with E-state index in [9.17, 15) is 0 Å². The van der Waals surface area contributed by atoms with Crippen LogP contribution in [0.5, 0.6) is 0 Å². The highest BCUT2D eigenvalue weighted by Gasteiger charge is 2.41. The van der Waals surface area contributed by atoms with Gasteiger partial charge in [0.15, 0.2) is 0 Å². The third kappa shape index (κ3) is 2.29. The van der Waals surface area contributed by atoms with Crippen molar-refractivity contribution in [3.63, 3.8) is 0 Å². The van der Waals surface area contributed by atoms with E-state index in [0.29, 0.717) is 5.41 Å². The van der Waals surface area contributed by atoms with Crippen molar-refractivity contribution in [1.82, 2.24) is 5.32 Å². The molecule has 1 aliphatic heterocycles. The van der Waals surface area contributed by atoms with Crippen molar-refractivity contribution >= 4 is 0 Å². The molecule has 0 atom stereocenters. The predicted molar refractivity (Wildman–Crippen MR) is 58.4 cm³/mol. The average Bonchev–Trinajstić information content (AvgIpc) is 2.00. The molecule has 1 heterocycles. The number of nitrogens with one attached hydrogen (secondary N) is 1. The smallest absolute Gasteiger partial charge is 0.0544 e. The SMILES string of the molecule is CC(C)(C)NC1CCC2(CC1)COC2. The number of rotatable bonds is 1. The first-order valence-corrected chi connectivity index (χ1v) is 5.85. The molecule has 0 aromatic heterocycles. The van der Waals surface area contributed by atoms with Gasteiger partial charge < -0.3 is 10.1 Å². The van der Waals surface area contributed by atoms with Crippen LogP contribution >= 0.6 is 0 Å². The van der Waals surface area contributed by atoms with Crippen LogP contribution in [0.4, 0.5) is 0 Å². The second-order valence-corrected chi connectivity index (χ2v) is 6.16. The summed E-state index contributed by atoms with van der Waals surface area (Å²) >= 11 is 0. The van der Waals surface area contributed by atoms with Crippen molar-refractivity contribution in [3.05, 3.63) is 0 Å². The highest BCUT2D eigenvalue weighted by molar-refractivity contribution is 4.93. The van der Waals surface area contributed by atoms with Gasteiger partial charge in [-0.1, -0.05) is 0 Å².